The van der Waals surface area contributed by atoms with Crippen LogP contribution in [0.4, 0.5) is 11.4 Å². The van der Waals surface area contributed by atoms with Crippen molar-refractivity contribution in [2.45, 2.75) is 12.1 Å². The molecular weight excluding hydrogens is 532 g/mol. The standard InChI is InChI=1S/C26H34N4O8.ClH/c1-27(2)19-9-5-17(6-10-19)25(29(13-21(31)32)14-22(33)34)26(30(15-23(35)36)16-24(37)38)18-7-11-20(12-8-18)28(3)4;/h5-12,25-26H,13-16H2,1-4H3,(H,31,32)(H,33,34)(H,35,36)(H,37,38);1H/t25-,26-;/m0./s1. The fourth-order valence-corrected chi connectivity index (χ4v) is 4.33. The lowest BCUT2D eigenvalue weighted by molar-refractivity contribution is -0.148. The normalized spacial score (nSPS) is 12.4. The molecule has 2 aromatic rings. The molecule has 0 fully saturated rings. The van der Waals surface area contributed by atoms with Crippen LogP contribution in [-0.4, -0.2) is 108 Å². The third kappa shape index (κ3) is 9.74. The Morgan fingerprint density at radius 2 is 0.769 bits per heavy atom. The quantitative estimate of drug-likeness (QED) is 0.248. The molecule has 0 bridgehead atoms. The topological polar surface area (TPSA) is 162 Å². The van der Waals surface area contributed by atoms with Crippen molar-refractivity contribution in [3.05, 3.63) is 59.7 Å². The molecule has 0 unspecified atom stereocenters. The van der Waals surface area contributed by atoms with Crippen LogP contribution in [0.25, 0.3) is 0 Å². The van der Waals surface area contributed by atoms with E-state index in [2.05, 4.69) is 0 Å². The second-order valence-corrected chi connectivity index (χ2v) is 9.25. The number of anilines is 2. The number of carboxylic acids is 4. The molecule has 0 aliphatic rings. The van der Waals surface area contributed by atoms with E-state index >= 15 is 0 Å². The molecule has 13 heteroatoms. The van der Waals surface area contributed by atoms with Crippen LogP contribution < -0.4 is 9.80 Å². The zero-order valence-electron chi connectivity index (χ0n) is 22.2. The van der Waals surface area contributed by atoms with E-state index in [0.29, 0.717) is 11.1 Å². The summed E-state index contributed by atoms with van der Waals surface area (Å²) in [7, 11) is 7.35. The number of halogens is 1. The molecule has 214 valence electrons. The summed E-state index contributed by atoms with van der Waals surface area (Å²) < 4.78 is 0. The third-order valence-electron chi connectivity index (χ3n) is 5.94. The Labute approximate surface area is 233 Å². The molecular formula is C26H35ClN4O8. The average molecular weight is 567 g/mol. The minimum absolute atomic E-state index is 0. The van der Waals surface area contributed by atoms with Crippen molar-refractivity contribution in [1.82, 2.24) is 9.80 Å². The van der Waals surface area contributed by atoms with Crippen LogP contribution in [-0.2, 0) is 19.2 Å². The maximum absolute atomic E-state index is 11.8. The first-order valence-corrected chi connectivity index (χ1v) is 11.7. The molecule has 0 radical (unpaired) electrons. The fraction of sp³-hybridized carbons (Fsp3) is 0.385. The lowest BCUT2D eigenvalue weighted by Gasteiger charge is -2.41. The van der Waals surface area contributed by atoms with Crippen LogP contribution in [0.2, 0.25) is 0 Å². The minimum atomic E-state index is -1.29. The SMILES string of the molecule is CN(C)c1ccc([C@@H]([C@H](c2ccc(N(C)C)cc2)N(CC(=O)O)CC(=O)O)N(CC(=O)O)CC(=O)O)cc1.Cl. The van der Waals surface area contributed by atoms with Gasteiger partial charge in [0.05, 0.1) is 38.3 Å². The third-order valence-corrected chi connectivity index (χ3v) is 5.94. The van der Waals surface area contributed by atoms with E-state index in [0.717, 1.165) is 11.4 Å². The molecule has 2 aromatic carbocycles. The highest BCUT2D eigenvalue weighted by atomic mass is 35.5. The number of rotatable bonds is 15. The van der Waals surface area contributed by atoms with Gasteiger partial charge in [-0.2, -0.15) is 0 Å². The van der Waals surface area contributed by atoms with Crippen molar-refractivity contribution in [3.63, 3.8) is 0 Å². The molecule has 0 aromatic heterocycles. The highest BCUT2D eigenvalue weighted by Crippen LogP contribution is 2.39. The summed E-state index contributed by atoms with van der Waals surface area (Å²) >= 11 is 0. The van der Waals surface area contributed by atoms with Gasteiger partial charge >= 0.3 is 23.9 Å². The summed E-state index contributed by atoms with van der Waals surface area (Å²) in [6.07, 6.45) is 0. The molecule has 4 N–H and O–H groups in total. The van der Waals surface area contributed by atoms with E-state index in [9.17, 15) is 39.6 Å². The Morgan fingerprint density at radius 3 is 0.949 bits per heavy atom. The summed E-state index contributed by atoms with van der Waals surface area (Å²) in [5.41, 5.74) is 2.66. The Kier molecular flexibility index (Phi) is 12.7. The van der Waals surface area contributed by atoms with Gasteiger partial charge in [-0.05, 0) is 35.4 Å². The molecule has 0 saturated carbocycles. The van der Waals surface area contributed by atoms with Gasteiger partial charge in [-0.25, -0.2) is 0 Å². The molecule has 0 spiro atoms. The van der Waals surface area contributed by atoms with Crippen LogP contribution in [0.15, 0.2) is 48.5 Å². The van der Waals surface area contributed by atoms with Gasteiger partial charge in [-0.1, -0.05) is 24.3 Å². The van der Waals surface area contributed by atoms with E-state index in [4.69, 9.17) is 0 Å². The van der Waals surface area contributed by atoms with Gasteiger partial charge in [0, 0.05) is 39.6 Å². The van der Waals surface area contributed by atoms with E-state index in [-0.39, 0.29) is 12.4 Å². The zero-order chi connectivity index (χ0) is 28.6. The van der Waals surface area contributed by atoms with E-state index in [1.54, 1.807) is 48.5 Å². The second-order valence-electron chi connectivity index (χ2n) is 9.25. The maximum Gasteiger partial charge on any atom is 0.317 e. The van der Waals surface area contributed by atoms with Crippen LogP contribution in [0.3, 0.4) is 0 Å². The van der Waals surface area contributed by atoms with Gasteiger partial charge < -0.3 is 30.2 Å². The Morgan fingerprint density at radius 1 is 0.538 bits per heavy atom. The highest BCUT2D eigenvalue weighted by molar-refractivity contribution is 5.85. The van der Waals surface area contributed by atoms with Crippen LogP contribution in [0.5, 0.6) is 0 Å². The minimum Gasteiger partial charge on any atom is -0.480 e. The smallest absolute Gasteiger partial charge is 0.317 e. The van der Waals surface area contributed by atoms with Crippen LogP contribution in [0.1, 0.15) is 23.2 Å². The fourth-order valence-electron chi connectivity index (χ4n) is 4.33. The average Bonchev–Trinajstić information content (AvgIpc) is 2.80. The molecule has 39 heavy (non-hydrogen) atoms. The number of hydrogen-bond acceptors (Lipinski definition) is 8. The Hall–Kier alpha value is -3.87. The first-order valence-electron chi connectivity index (χ1n) is 11.7. The number of carbonyl (C=O) groups is 4. The number of benzene rings is 2. The molecule has 0 saturated heterocycles. The van der Waals surface area contributed by atoms with Crippen molar-refractivity contribution >= 4 is 47.7 Å². The summed E-state index contributed by atoms with van der Waals surface area (Å²) in [5, 5.41) is 38.6. The van der Waals surface area contributed by atoms with Gasteiger partial charge in [0.1, 0.15) is 0 Å². The summed E-state index contributed by atoms with van der Waals surface area (Å²) in [4.78, 5) is 53.4. The number of carboxylic acid groups (broad SMARTS) is 4. The van der Waals surface area contributed by atoms with E-state index in [1.807, 2.05) is 38.0 Å². The van der Waals surface area contributed by atoms with Gasteiger partial charge in [-0.3, -0.25) is 29.0 Å². The van der Waals surface area contributed by atoms with Gasteiger partial charge in [-0.15, -0.1) is 12.4 Å². The molecule has 12 nitrogen and oxygen atoms in total. The van der Waals surface area contributed by atoms with Gasteiger partial charge in [0.25, 0.3) is 0 Å². The first kappa shape index (κ1) is 33.2. The van der Waals surface area contributed by atoms with Crippen molar-refractivity contribution in [1.29, 1.82) is 0 Å². The highest BCUT2D eigenvalue weighted by Gasteiger charge is 2.38. The Bertz CT molecular complexity index is 1000. The molecule has 0 amide bonds. The number of aliphatic carboxylic acids is 4. The molecule has 2 atom stereocenters. The lowest BCUT2D eigenvalue weighted by Crippen LogP contribution is -2.47. The van der Waals surface area contributed by atoms with Crippen LogP contribution in [0, 0.1) is 0 Å². The van der Waals surface area contributed by atoms with Gasteiger partial charge in [0.2, 0.25) is 0 Å². The van der Waals surface area contributed by atoms with Crippen molar-refractivity contribution < 1.29 is 39.6 Å². The van der Waals surface area contributed by atoms with Crippen molar-refractivity contribution in [3.8, 4) is 0 Å². The Balaban J connectivity index is 0.00000760. The number of nitrogens with zero attached hydrogens (tertiary/aromatic N) is 4. The van der Waals surface area contributed by atoms with Crippen molar-refractivity contribution in [2.24, 2.45) is 0 Å². The molecule has 0 aliphatic heterocycles. The summed E-state index contributed by atoms with van der Waals surface area (Å²) in [5.74, 6) is -5.14. The van der Waals surface area contributed by atoms with E-state index < -0.39 is 62.1 Å². The summed E-state index contributed by atoms with van der Waals surface area (Å²) in [6, 6.07) is 11.9. The van der Waals surface area contributed by atoms with E-state index in [1.165, 1.54) is 9.80 Å². The predicted molar refractivity (Wildman–Crippen MR) is 148 cm³/mol. The maximum atomic E-state index is 11.8. The molecule has 0 heterocycles. The number of hydrogen-bond donors (Lipinski definition) is 4. The summed E-state index contributed by atoms with van der Waals surface area (Å²) in [6.45, 7) is -2.70. The molecule has 2 rings (SSSR count). The monoisotopic (exact) mass is 566 g/mol. The van der Waals surface area contributed by atoms with Crippen LogP contribution >= 0.6 is 12.4 Å². The van der Waals surface area contributed by atoms with Crippen molar-refractivity contribution in [2.75, 3.05) is 64.2 Å². The lowest BCUT2D eigenvalue weighted by atomic mass is 9.89. The second kappa shape index (κ2) is 14.9. The largest absolute Gasteiger partial charge is 0.480 e. The molecule has 0 aliphatic carbocycles. The first-order chi connectivity index (χ1) is 17.8. The van der Waals surface area contributed by atoms with Gasteiger partial charge in [0.15, 0.2) is 0 Å². The predicted octanol–water partition coefficient (Wildman–Crippen LogP) is 1.97. The zero-order valence-corrected chi connectivity index (χ0v) is 23.0.